The van der Waals surface area contributed by atoms with Crippen molar-refractivity contribution in [2.45, 2.75) is 19.9 Å². The smallest absolute Gasteiger partial charge is 0.326 e. The van der Waals surface area contributed by atoms with E-state index >= 15 is 0 Å². The molecule has 5 heteroatoms. The summed E-state index contributed by atoms with van der Waals surface area (Å²) in [5.74, 6) is -2.09. The second kappa shape index (κ2) is 5.83. The zero-order valence-electron chi connectivity index (χ0n) is 11.8. The minimum atomic E-state index is -1.10. The molecular formula is C16H17NO4. The molecule has 1 atom stereocenters. The van der Waals surface area contributed by atoms with Crippen LogP contribution >= 0.6 is 0 Å². The van der Waals surface area contributed by atoms with Gasteiger partial charge in [0.05, 0.1) is 5.56 Å². The number of carbonyl (C=O) groups excluding carboxylic acids is 1. The van der Waals surface area contributed by atoms with Crippen LogP contribution in [0.15, 0.2) is 36.4 Å². The Morgan fingerprint density at radius 3 is 2.38 bits per heavy atom. The number of phenols is 1. The fourth-order valence-electron chi connectivity index (χ4n) is 2.17. The topological polar surface area (TPSA) is 86.6 Å². The molecule has 0 saturated heterocycles. The maximum Gasteiger partial charge on any atom is 0.326 e. The molecule has 0 aromatic heterocycles. The lowest BCUT2D eigenvalue weighted by atomic mass is 10.0. The number of amides is 1. The Kier molecular flexibility index (Phi) is 4.12. The number of benzene rings is 2. The van der Waals surface area contributed by atoms with E-state index in [2.05, 4.69) is 5.32 Å². The molecule has 0 heterocycles. The molecule has 5 nitrogen and oxygen atoms in total. The molecule has 0 radical (unpaired) electrons. The number of carboxylic acid groups (broad SMARTS) is 1. The molecule has 0 aliphatic carbocycles. The first-order valence-electron chi connectivity index (χ1n) is 6.66. The van der Waals surface area contributed by atoms with Gasteiger partial charge in [0.15, 0.2) is 0 Å². The number of hydrogen-bond acceptors (Lipinski definition) is 3. The Morgan fingerprint density at radius 2 is 1.76 bits per heavy atom. The van der Waals surface area contributed by atoms with E-state index in [9.17, 15) is 14.7 Å². The highest BCUT2D eigenvalue weighted by atomic mass is 16.4. The van der Waals surface area contributed by atoms with Crippen molar-refractivity contribution >= 4 is 22.6 Å². The van der Waals surface area contributed by atoms with E-state index < -0.39 is 17.9 Å². The van der Waals surface area contributed by atoms with Crippen LogP contribution in [0.25, 0.3) is 10.8 Å². The van der Waals surface area contributed by atoms with Crippen LogP contribution < -0.4 is 5.32 Å². The Bertz CT molecular complexity index is 694. The van der Waals surface area contributed by atoms with Crippen LogP contribution in [0, 0.1) is 5.92 Å². The summed E-state index contributed by atoms with van der Waals surface area (Å²) in [7, 11) is 0. The molecule has 0 saturated carbocycles. The summed E-state index contributed by atoms with van der Waals surface area (Å²) in [4.78, 5) is 23.3. The average Bonchev–Trinajstić information content (AvgIpc) is 2.44. The Balaban J connectivity index is 2.35. The number of carboxylic acids is 1. The van der Waals surface area contributed by atoms with Crippen molar-refractivity contribution in [2.75, 3.05) is 0 Å². The van der Waals surface area contributed by atoms with Crippen molar-refractivity contribution in [3.05, 3.63) is 42.0 Å². The first kappa shape index (κ1) is 14.8. The maximum atomic E-state index is 12.2. The van der Waals surface area contributed by atoms with Gasteiger partial charge in [-0.2, -0.15) is 0 Å². The highest BCUT2D eigenvalue weighted by molar-refractivity contribution is 6.04. The monoisotopic (exact) mass is 287 g/mol. The fourth-order valence-corrected chi connectivity index (χ4v) is 2.17. The highest BCUT2D eigenvalue weighted by Gasteiger charge is 2.25. The fraction of sp³-hybridized carbons (Fsp3) is 0.250. The molecule has 2 rings (SSSR count). The normalized spacial score (nSPS) is 12.3. The molecule has 1 unspecified atom stereocenters. The van der Waals surface area contributed by atoms with Gasteiger partial charge in [0.2, 0.25) is 0 Å². The number of aromatic hydroxyl groups is 1. The zero-order valence-corrected chi connectivity index (χ0v) is 11.8. The van der Waals surface area contributed by atoms with Gasteiger partial charge in [-0.05, 0) is 17.4 Å². The number of aliphatic carboxylic acids is 1. The van der Waals surface area contributed by atoms with Crippen LogP contribution in [0.1, 0.15) is 24.2 Å². The van der Waals surface area contributed by atoms with Gasteiger partial charge < -0.3 is 15.5 Å². The lowest BCUT2D eigenvalue weighted by molar-refractivity contribution is -0.140. The number of hydrogen-bond donors (Lipinski definition) is 3. The Hall–Kier alpha value is -2.56. The third-order valence-corrected chi connectivity index (χ3v) is 3.36. The van der Waals surface area contributed by atoms with Crippen LogP contribution in [-0.2, 0) is 4.79 Å². The van der Waals surface area contributed by atoms with E-state index in [4.69, 9.17) is 5.11 Å². The number of nitrogens with one attached hydrogen (secondary N) is 1. The van der Waals surface area contributed by atoms with Gasteiger partial charge in [-0.15, -0.1) is 0 Å². The lowest BCUT2D eigenvalue weighted by Crippen LogP contribution is -2.44. The SMILES string of the molecule is CC(C)C(NC(=O)c1ccc2ccccc2c1O)C(=O)O. The van der Waals surface area contributed by atoms with Gasteiger partial charge in [0, 0.05) is 5.39 Å². The second-order valence-corrected chi connectivity index (χ2v) is 5.22. The molecule has 1 amide bonds. The number of phenolic OH excluding ortho intramolecular Hbond substituents is 1. The molecule has 2 aromatic rings. The van der Waals surface area contributed by atoms with Crippen molar-refractivity contribution in [3.8, 4) is 5.75 Å². The van der Waals surface area contributed by atoms with Crippen LogP contribution in [0.4, 0.5) is 0 Å². The van der Waals surface area contributed by atoms with Crippen LogP contribution in [0.3, 0.4) is 0 Å². The predicted octanol–water partition coefficient (Wildman–Crippen LogP) is 2.38. The largest absolute Gasteiger partial charge is 0.506 e. The van der Waals surface area contributed by atoms with Gasteiger partial charge in [0.25, 0.3) is 5.91 Å². The molecule has 0 aliphatic heterocycles. The van der Waals surface area contributed by atoms with Crippen LogP contribution in [0.2, 0.25) is 0 Å². The van der Waals surface area contributed by atoms with Gasteiger partial charge in [-0.25, -0.2) is 4.79 Å². The molecule has 2 aromatic carbocycles. The third kappa shape index (κ3) is 2.97. The number of fused-ring (bicyclic) bond motifs is 1. The van der Waals surface area contributed by atoms with Crippen molar-refractivity contribution in [1.29, 1.82) is 0 Å². The van der Waals surface area contributed by atoms with Crippen LogP contribution in [-0.4, -0.2) is 28.1 Å². The average molecular weight is 287 g/mol. The van der Waals surface area contributed by atoms with Gasteiger partial charge in [-0.1, -0.05) is 44.2 Å². The van der Waals surface area contributed by atoms with Crippen molar-refractivity contribution in [3.63, 3.8) is 0 Å². The first-order valence-corrected chi connectivity index (χ1v) is 6.66. The van der Waals surface area contributed by atoms with Crippen molar-refractivity contribution in [2.24, 2.45) is 5.92 Å². The molecule has 110 valence electrons. The minimum Gasteiger partial charge on any atom is -0.506 e. The highest BCUT2D eigenvalue weighted by Crippen LogP contribution is 2.28. The molecule has 0 fully saturated rings. The summed E-state index contributed by atoms with van der Waals surface area (Å²) in [5, 5.41) is 23.1. The zero-order chi connectivity index (χ0) is 15.6. The summed E-state index contributed by atoms with van der Waals surface area (Å²) >= 11 is 0. The van der Waals surface area contributed by atoms with Crippen molar-refractivity contribution in [1.82, 2.24) is 5.32 Å². The first-order chi connectivity index (χ1) is 9.91. The molecule has 0 aliphatic rings. The van der Waals surface area contributed by atoms with E-state index in [1.165, 1.54) is 6.07 Å². The van der Waals surface area contributed by atoms with E-state index in [0.717, 1.165) is 5.39 Å². The summed E-state index contributed by atoms with van der Waals surface area (Å²) in [6.07, 6.45) is 0. The molecule has 21 heavy (non-hydrogen) atoms. The minimum absolute atomic E-state index is 0.0700. The third-order valence-electron chi connectivity index (χ3n) is 3.36. The van der Waals surface area contributed by atoms with Gasteiger partial charge >= 0.3 is 5.97 Å². The van der Waals surface area contributed by atoms with Crippen molar-refractivity contribution < 1.29 is 19.8 Å². The summed E-state index contributed by atoms with van der Waals surface area (Å²) < 4.78 is 0. The van der Waals surface area contributed by atoms with Gasteiger partial charge in [-0.3, -0.25) is 4.79 Å². The van der Waals surface area contributed by atoms with E-state index in [-0.39, 0.29) is 17.2 Å². The standard InChI is InChI=1S/C16H17NO4/c1-9(2)13(16(20)21)17-15(19)12-8-7-10-5-3-4-6-11(10)14(12)18/h3-9,13,18H,1-2H3,(H,17,19)(H,20,21). The maximum absolute atomic E-state index is 12.2. The molecule has 0 spiro atoms. The van der Waals surface area contributed by atoms with E-state index in [1.54, 1.807) is 32.0 Å². The molecule has 0 bridgehead atoms. The second-order valence-electron chi connectivity index (χ2n) is 5.22. The summed E-state index contributed by atoms with van der Waals surface area (Å²) in [5.41, 5.74) is 0.0700. The van der Waals surface area contributed by atoms with Gasteiger partial charge in [0.1, 0.15) is 11.8 Å². The number of rotatable bonds is 4. The summed E-state index contributed by atoms with van der Waals surface area (Å²) in [6, 6.07) is 9.34. The Morgan fingerprint density at radius 1 is 1.10 bits per heavy atom. The summed E-state index contributed by atoms with van der Waals surface area (Å²) in [6.45, 7) is 3.42. The van der Waals surface area contributed by atoms with E-state index in [1.807, 2.05) is 12.1 Å². The van der Waals surface area contributed by atoms with E-state index in [0.29, 0.717) is 5.39 Å². The molecular weight excluding hydrogens is 270 g/mol. The lowest BCUT2D eigenvalue weighted by Gasteiger charge is -2.18. The predicted molar refractivity (Wildman–Crippen MR) is 79.3 cm³/mol. The molecule has 3 N–H and O–H groups in total. The Labute approximate surface area is 122 Å². The number of carbonyl (C=O) groups is 2. The van der Waals surface area contributed by atoms with Crippen LogP contribution in [0.5, 0.6) is 5.75 Å². The quantitative estimate of drug-likeness (QED) is 0.805.